The second-order valence-corrected chi connectivity index (χ2v) is 9.73. The van der Waals surface area contributed by atoms with Gasteiger partial charge in [0.05, 0.1) is 20.8 Å². The summed E-state index contributed by atoms with van der Waals surface area (Å²) < 4.78 is 38.2. The number of carbonyl (C=O) groups is 1. The number of esters is 1. The largest absolute Gasteiger partial charge is 0.463 e. The number of nitrogens with one attached hydrogen (secondary N) is 1. The van der Waals surface area contributed by atoms with Gasteiger partial charge in [-0.05, 0) is 61.9 Å². The highest BCUT2D eigenvalue weighted by Crippen LogP contribution is 2.25. The van der Waals surface area contributed by atoms with Crippen LogP contribution in [0.2, 0.25) is 0 Å². The van der Waals surface area contributed by atoms with E-state index in [9.17, 15) is 28.1 Å². The highest BCUT2D eigenvalue weighted by molar-refractivity contribution is 7.89. The first-order chi connectivity index (χ1) is 17.0. The highest BCUT2D eigenvalue weighted by atomic mass is 32.2. The van der Waals surface area contributed by atoms with E-state index in [0.717, 1.165) is 5.56 Å². The zero-order chi connectivity index (χ0) is 26.0. The highest BCUT2D eigenvalue weighted by Gasteiger charge is 2.24. The van der Waals surface area contributed by atoms with Gasteiger partial charge in [0.1, 0.15) is 23.6 Å². The van der Waals surface area contributed by atoms with E-state index in [2.05, 4.69) is 4.72 Å². The van der Waals surface area contributed by atoms with Crippen LogP contribution in [0.15, 0.2) is 87.1 Å². The van der Waals surface area contributed by atoms with Crippen LogP contribution in [0.4, 0.5) is 5.69 Å². The number of nitro benzene ring substituents is 1. The molecule has 0 amide bonds. The smallest absolute Gasteiger partial charge is 0.329 e. The zero-order valence-electron chi connectivity index (χ0n) is 19.1. The van der Waals surface area contributed by atoms with Gasteiger partial charge < -0.3 is 9.15 Å². The average Bonchev–Trinajstić information content (AvgIpc) is 2.84. The summed E-state index contributed by atoms with van der Waals surface area (Å²) in [6.45, 7) is 3.17. The molecule has 1 N–H and O–H groups in total. The van der Waals surface area contributed by atoms with E-state index in [1.54, 1.807) is 12.1 Å². The Kier molecular flexibility index (Phi) is 6.69. The Morgan fingerprint density at radius 3 is 2.36 bits per heavy atom. The van der Waals surface area contributed by atoms with Crippen molar-refractivity contribution in [1.29, 1.82) is 0 Å². The molecule has 4 rings (SSSR count). The first-order valence-corrected chi connectivity index (χ1v) is 12.1. The van der Waals surface area contributed by atoms with E-state index < -0.39 is 32.4 Å². The van der Waals surface area contributed by atoms with Crippen molar-refractivity contribution in [2.75, 3.05) is 0 Å². The van der Waals surface area contributed by atoms with Gasteiger partial charge in [-0.15, -0.1) is 0 Å². The molecule has 0 aliphatic heterocycles. The molecular weight excluding hydrogens is 488 g/mol. The summed E-state index contributed by atoms with van der Waals surface area (Å²) in [7, 11) is -3.96. The second kappa shape index (κ2) is 9.72. The SMILES string of the molecule is Cc1ccc(S(=O)(=O)NC(C)C(=O)Oc2ccc3occ(-c4ccc([N+](=O)[O-])cc4)c(=O)c3c2)cc1. The molecule has 184 valence electrons. The van der Waals surface area contributed by atoms with E-state index in [1.807, 2.05) is 6.92 Å². The monoisotopic (exact) mass is 508 g/mol. The van der Waals surface area contributed by atoms with Crippen LogP contribution in [0.3, 0.4) is 0 Å². The van der Waals surface area contributed by atoms with Crippen molar-refractivity contribution in [2.24, 2.45) is 0 Å². The number of nitro groups is 1. The fourth-order valence-electron chi connectivity index (χ4n) is 3.41. The predicted octanol–water partition coefficient (Wildman–Crippen LogP) is 3.95. The zero-order valence-corrected chi connectivity index (χ0v) is 19.9. The standard InChI is InChI=1S/C25H20N2O8S/c1-15-3-10-20(11-4-15)36(32,33)26-16(2)25(29)35-19-9-12-23-21(13-19)24(28)22(14-34-23)17-5-7-18(8-6-17)27(30)31/h3-14,16,26H,1-2H3. The fraction of sp³-hybridized carbons (Fsp3) is 0.120. The lowest BCUT2D eigenvalue weighted by Gasteiger charge is -2.14. The third kappa shape index (κ3) is 5.16. The van der Waals surface area contributed by atoms with Crippen LogP contribution in [-0.4, -0.2) is 25.4 Å². The minimum Gasteiger partial charge on any atom is -0.463 e. The van der Waals surface area contributed by atoms with Crippen molar-refractivity contribution in [3.05, 3.63) is 98.9 Å². The number of hydrogen-bond acceptors (Lipinski definition) is 8. The molecule has 36 heavy (non-hydrogen) atoms. The minimum atomic E-state index is -3.96. The molecule has 0 radical (unpaired) electrons. The van der Waals surface area contributed by atoms with Crippen molar-refractivity contribution in [1.82, 2.24) is 4.72 Å². The summed E-state index contributed by atoms with van der Waals surface area (Å²) in [6, 6.07) is 14.5. The summed E-state index contributed by atoms with van der Waals surface area (Å²) >= 11 is 0. The van der Waals surface area contributed by atoms with Crippen LogP contribution >= 0.6 is 0 Å². The van der Waals surface area contributed by atoms with Crippen LogP contribution in [-0.2, 0) is 14.8 Å². The molecule has 11 heteroatoms. The molecule has 0 saturated heterocycles. The second-order valence-electron chi connectivity index (χ2n) is 8.02. The number of aryl methyl sites for hydroxylation is 1. The summed E-state index contributed by atoms with van der Waals surface area (Å²) in [6.07, 6.45) is 1.25. The van der Waals surface area contributed by atoms with Crippen LogP contribution in [0.25, 0.3) is 22.1 Å². The van der Waals surface area contributed by atoms with E-state index in [-0.39, 0.29) is 32.9 Å². The molecule has 4 aromatic rings. The number of sulfonamides is 1. The van der Waals surface area contributed by atoms with Crippen molar-refractivity contribution < 1.29 is 27.3 Å². The van der Waals surface area contributed by atoms with Crippen molar-refractivity contribution in [2.45, 2.75) is 24.8 Å². The molecule has 3 aromatic carbocycles. The number of hydrogen-bond donors (Lipinski definition) is 1. The molecular formula is C25H20N2O8S. The minimum absolute atomic E-state index is 0.00911. The number of nitrogens with zero attached hydrogens (tertiary/aromatic N) is 1. The van der Waals surface area contributed by atoms with Crippen molar-refractivity contribution in [3.63, 3.8) is 0 Å². The van der Waals surface area contributed by atoms with Gasteiger partial charge in [-0.3, -0.25) is 14.9 Å². The maximum Gasteiger partial charge on any atom is 0.329 e. The van der Waals surface area contributed by atoms with Crippen molar-refractivity contribution >= 4 is 32.6 Å². The Morgan fingerprint density at radius 1 is 1.06 bits per heavy atom. The number of non-ortho nitro benzene ring substituents is 1. The topological polar surface area (TPSA) is 146 Å². The Bertz CT molecular complexity index is 1630. The molecule has 1 atom stereocenters. The van der Waals surface area contributed by atoms with Gasteiger partial charge in [0.15, 0.2) is 0 Å². The maximum atomic E-state index is 13.1. The van der Waals surface area contributed by atoms with Gasteiger partial charge >= 0.3 is 5.97 Å². The molecule has 10 nitrogen and oxygen atoms in total. The van der Waals surface area contributed by atoms with Gasteiger partial charge in [0.25, 0.3) is 5.69 Å². The third-order valence-corrected chi connectivity index (χ3v) is 6.92. The lowest BCUT2D eigenvalue weighted by Crippen LogP contribution is -2.40. The van der Waals surface area contributed by atoms with Gasteiger partial charge in [0, 0.05) is 12.1 Å². The third-order valence-electron chi connectivity index (χ3n) is 5.37. The van der Waals surface area contributed by atoms with E-state index in [4.69, 9.17) is 9.15 Å². The lowest BCUT2D eigenvalue weighted by molar-refractivity contribution is -0.384. The number of ether oxygens (including phenoxy) is 1. The summed E-state index contributed by atoms with van der Waals surface area (Å²) in [5.74, 6) is -0.858. The summed E-state index contributed by atoms with van der Waals surface area (Å²) in [5.41, 5.74) is 1.15. The summed E-state index contributed by atoms with van der Waals surface area (Å²) in [4.78, 5) is 36.0. The number of fused-ring (bicyclic) bond motifs is 1. The Hall–Kier alpha value is -4.35. The molecule has 0 aliphatic rings. The van der Waals surface area contributed by atoms with E-state index in [0.29, 0.717) is 5.56 Å². The quantitative estimate of drug-likeness (QED) is 0.171. The van der Waals surface area contributed by atoms with Crippen LogP contribution < -0.4 is 14.9 Å². The lowest BCUT2D eigenvalue weighted by atomic mass is 10.1. The average molecular weight is 509 g/mol. The molecule has 0 saturated carbocycles. The molecule has 1 heterocycles. The van der Waals surface area contributed by atoms with Crippen molar-refractivity contribution in [3.8, 4) is 16.9 Å². The van der Waals surface area contributed by atoms with Crippen LogP contribution in [0.1, 0.15) is 12.5 Å². The number of carbonyl (C=O) groups excluding carboxylic acids is 1. The molecule has 1 unspecified atom stereocenters. The first kappa shape index (κ1) is 24.8. The van der Waals surface area contributed by atoms with Crippen LogP contribution in [0, 0.1) is 17.0 Å². The fourth-order valence-corrected chi connectivity index (χ4v) is 4.60. The maximum absolute atomic E-state index is 13.1. The van der Waals surface area contributed by atoms with Gasteiger partial charge in [-0.25, -0.2) is 13.2 Å². The molecule has 0 aliphatic carbocycles. The van der Waals surface area contributed by atoms with Crippen LogP contribution in [0.5, 0.6) is 5.75 Å². The van der Waals surface area contributed by atoms with E-state index in [1.165, 1.54) is 67.8 Å². The Morgan fingerprint density at radius 2 is 1.72 bits per heavy atom. The normalized spacial score (nSPS) is 12.3. The van der Waals surface area contributed by atoms with E-state index >= 15 is 0 Å². The molecule has 0 spiro atoms. The summed E-state index contributed by atoms with van der Waals surface area (Å²) in [5, 5.41) is 11.0. The van der Waals surface area contributed by atoms with Gasteiger partial charge in [-0.1, -0.05) is 17.7 Å². The predicted molar refractivity (Wildman–Crippen MR) is 131 cm³/mol. The molecule has 0 fully saturated rings. The van der Waals surface area contributed by atoms with Gasteiger partial charge in [0.2, 0.25) is 15.5 Å². The first-order valence-electron chi connectivity index (χ1n) is 10.7. The molecule has 0 bridgehead atoms. The van der Waals surface area contributed by atoms with Gasteiger partial charge in [-0.2, -0.15) is 4.72 Å². The number of benzene rings is 3. The molecule has 1 aromatic heterocycles. The Balaban J connectivity index is 1.56. The number of rotatable bonds is 7. The Labute approximate surface area is 205 Å².